The summed E-state index contributed by atoms with van der Waals surface area (Å²) < 4.78 is 5.12. The number of benzene rings is 1. The van der Waals surface area contributed by atoms with E-state index in [1.165, 1.54) is 0 Å². The van der Waals surface area contributed by atoms with Gasteiger partial charge in [-0.3, -0.25) is 4.79 Å². The molecule has 2 rings (SSSR count). The Labute approximate surface area is 93.8 Å². The number of nitrogens with one attached hydrogen (secondary N) is 1. The second kappa shape index (κ2) is 4.23. The SMILES string of the molecule is COc1ccc2c(c1)C(CCC#N)C(=O)N2. The Hall–Kier alpha value is -2.02. The van der Waals surface area contributed by atoms with Crippen LogP contribution < -0.4 is 10.1 Å². The third-order valence-electron chi connectivity index (χ3n) is 2.75. The fraction of sp³-hybridized carbons (Fsp3) is 0.333. The van der Waals surface area contributed by atoms with Crippen LogP contribution in [0.5, 0.6) is 5.75 Å². The predicted molar refractivity (Wildman–Crippen MR) is 59.2 cm³/mol. The molecule has 1 aliphatic heterocycles. The summed E-state index contributed by atoms with van der Waals surface area (Å²) in [5, 5.41) is 11.4. The van der Waals surface area contributed by atoms with Gasteiger partial charge in [0.15, 0.2) is 0 Å². The van der Waals surface area contributed by atoms with Gasteiger partial charge in [-0.1, -0.05) is 0 Å². The zero-order chi connectivity index (χ0) is 11.5. The van der Waals surface area contributed by atoms with Gasteiger partial charge in [0, 0.05) is 12.1 Å². The zero-order valence-corrected chi connectivity index (χ0v) is 8.99. The van der Waals surface area contributed by atoms with Crippen LogP contribution in [0.25, 0.3) is 0 Å². The highest BCUT2D eigenvalue weighted by Crippen LogP contribution is 2.37. The minimum atomic E-state index is -0.218. The topological polar surface area (TPSA) is 62.1 Å². The number of methoxy groups -OCH3 is 1. The van der Waals surface area contributed by atoms with Crippen molar-refractivity contribution in [3.05, 3.63) is 23.8 Å². The van der Waals surface area contributed by atoms with Gasteiger partial charge in [0.05, 0.1) is 19.1 Å². The number of anilines is 1. The summed E-state index contributed by atoms with van der Waals surface area (Å²) in [6.45, 7) is 0. The first-order valence-electron chi connectivity index (χ1n) is 5.12. The van der Waals surface area contributed by atoms with Crippen LogP contribution in [-0.4, -0.2) is 13.0 Å². The first kappa shape index (κ1) is 10.5. The summed E-state index contributed by atoms with van der Waals surface area (Å²) in [6.07, 6.45) is 0.942. The molecule has 82 valence electrons. The van der Waals surface area contributed by atoms with E-state index in [1.54, 1.807) is 7.11 Å². The molecule has 1 atom stereocenters. The van der Waals surface area contributed by atoms with Gasteiger partial charge in [0.1, 0.15) is 5.75 Å². The molecule has 16 heavy (non-hydrogen) atoms. The lowest BCUT2D eigenvalue weighted by Gasteiger charge is -2.07. The van der Waals surface area contributed by atoms with E-state index in [0.717, 1.165) is 17.0 Å². The van der Waals surface area contributed by atoms with E-state index in [1.807, 2.05) is 18.2 Å². The number of ether oxygens (including phenoxy) is 1. The Balaban J connectivity index is 2.31. The van der Waals surface area contributed by atoms with Gasteiger partial charge in [-0.15, -0.1) is 0 Å². The number of carbonyl (C=O) groups is 1. The fourth-order valence-electron chi connectivity index (χ4n) is 1.93. The van der Waals surface area contributed by atoms with E-state index in [2.05, 4.69) is 11.4 Å². The molecule has 4 heteroatoms. The average molecular weight is 216 g/mol. The van der Waals surface area contributed by atoms with E-state index < -0.39 is 0 Å². The van der Waals surface area contributed by atoms with Crippen molar-refractivity contribution in [3.63, 3.8) is 0 Å². The summed E-state index contributed by atoms with van der Waals surface area (Å²) >= 11 is 0. The Kier molecular flexibility index (Phi) is 2.78. The molecule has 1 unspecified atom stereocenters. The quantitative estimate of drug-likeness (QED) is 0.840. The van der Waals surface area contributed by atoms with Crippen molar-refractivity contribution in [2.75, 3.05) is 12.4 Å². The van der Waals surface area contributed by atoms with Crippen molar-refractivity contribution in [1.82, 2.24) is 0 Å². The molecule has 0 fully saturated rings. The number of hydrogen-bond donors (Lipinski definition) is 1. The second-order valence-electron chi connectivity index (χ2n) is 3.69. The molecule has 1 N–H and O–H groups in total. The smallest absolute Gasteiger partial charge is 0.232 e. The van der Waals surface area contributed by atoms with Crippen LogP contribution in [0.4, 0.5) is 5.69 Å². The maximum atomic E-state index is 11.7. The molecule has 0 bridgehead atoms. The van der Waals surface area contributed by atoms with Crippen LogP contribution in [0.3, 0.4) is 0 Å². The standard InChI is InChI=1S/C12H12N2O2/c1-16-8-4-5-11-10(7-8)9(3-2-6-13)12(15)14-11/h4-5,7,9H,2-3H2,1H3,(H,14,15). The molecule has 0 saturated carbocycles. The number of amides is 1. The molecule has 0 saturated heterocycles. The Bertz CT molecular complexity index is 463. The molecule has 4 nitrogen and oxygen atoms in total. The third-order valence-corrected chi connectivity index (χ3v) is 2.75. The Morgan fingerprint density at radius 2 is 2.38 bits per heavy atom. The van der Waals surface area contributed by atoms with E-state index in [0.29, 0.717) is 12.8 Å². The van der Waals surface area contributed by atoms with Gasteiger partial charge in [-0.05, 0) is 30.2 Å². The minimum absolute atomic E-state index is 0.0292. The predicted octanol–water partition coefficient (Wildman–Crippen LogP) is 2.03. The third kappa shape index (κ3) is 1.72. The van der Waals surface area contributed by atoms with Crippen molar-refractivity contribution >= 4 is 11.6 Å². The second-order valence-corrected chi connectivity index (χ2v) is 3.69. The van der Waals surface area contributed by atoms with Gasteiger partial charge < -0.3 is 10.1 Å². The minimum Gasteiger partial charge on any atom is -0.497 e. The Morgan fingerprint density at radius 3 is 3.06 bits per heavy atom. The van der Waals surface area contributed by atoms with Gasteiger partial charge in [-0.25, -0.2) is 0 Å². The van der Waals surface area contributed by atoms with E-state index in [-0.39, 0.29) is 11.8 Å². The summed E-state index contributed by atoms with van der Waals surface area (Å²) in [4.78, 5) is 11.7. The van der Waals surface area contributed by atoms with Gasteiger partial charge in [0.2, 0.25) is 5.91 Å². The molecule has 0 radical (unpaired) electrons. The Morgan fingerprint density at radius 1 is 1.56 bits per heavy atom. The first-order valence-corrected chi connectivity index (χ1v) is 5.12. The molecule has 1 aromatic rings. The largest absolute Gasteiger partial charge is 0.497 e. The maximum absolute atomic E-state index is 11.7. The number of fused-ring (bicyclic) bond motifs is 1. The van der Waals surface area contributed by atoms with Crippen molar-refractivity contribution < 1.29 is 9.53 Å². The maximum Gasteiger partial charge on any atom is 0.232 e. The lowest BCUT2D eigenvalue weighted by molar-refractivity contribution is -0.117. The zero-order valence-electron chi connectivity index (χ0n) is 8.99. The molecule has 1 amide bonds. The van der Waals surface area contributed by atoms with Crippen LogP contribution in [-0.2, 0) is 4.79 Å². The number of nitrogens with zero attached hydrogens (tertiary/aromatic N) is 1. The van der Waals surface area contributed by atoms with Gasteiger partial charge in [-0.2, -0.15) is 5.26 Å². The molecular weight excluding hydrogens is 204 g/mol. The molecule has 1 heterocycles. The van der Waals surface area contributed by atoms with Crippen LogP contribution in [0.2, 0.25) is 0 Å². The molecule has 1 aliphatic rings. The fourth-order valence-corrected chi connectivity index (χ4v) is 1.93. The summed E-state index contributed by atoms with van der Waals surface area (Å²) in [6, 6.07) is 7.56. The van der Waals surface area contributed by atoms with Gasteiger partial charge >= 0.3 is 0 Å². The summed E-state index contributed by atoms with van der Waals surface area (Å²) in [7, 11) is 1.59. The molecule has 1 aromatic carbocycles. The average Bonchev–Trinajstić information content (AvgIpc) is 2.61. The van der Waals surface area contributed by atoms with Crippen LogP contribution in [0.15, 0.2) is 18.2 Å². The number of nitriles is 1. The monoisotopic (exact) mass is 216 g/mol. The molecule has 0 spiro atoms. The lowest BCUT2D eigenvalue weighted by Crippen LogP contribution is -2.11. The normalized spacial score (nSPS) is 17.5. The van der Waals surface area contributed by atoms with Crippen LogP contribution >= 0.6 is 0 Å². The molecule has 0 aromatic heterocycles. The van der Waals surface area contributed by atoms with Crippen molar-refractivity contribution in [2.24, 2.45) is 0 Å². The van der Waals surface area contributed by atoms with Crippen LogP contribution in [0.1, 0.15) is 24.3 Å². The number of hydrogen-bond acceptors (Lipinski definition) is 3. The molecule has 0 aliphatic carbocycles. The van der Waals surface area contributed by atoms with Gasteiger partial charge in [0.25, 0.3) is 0 Å². The highest BCUT2D eigenvalue weighted by atomic mass is 16.5. The van der Waals surface area contributed by atoms with E-state index in [9.17, 15) is 4.79 Å². The first-order chi connectivity index (χ1) is 7.76. The van der Waals surface area contributed by atoms with Crippen molar-refractivity contribution in [1.29, 1.82) is 5.26 Å². The molecular formula is C12H12N2O2. The lowest BCUT2D eigenvalue weighted by atomic mass is 9.96. The van der Waals surface area contributed by atoms with E-state index in [4.69, 9.17) is 10.00 Å². The summed E-state index contributed by atoms with van der Waals surface area (Å²) in [5.74, 6) is 0.487. The van der Waals surface area contributed by atoms with Crippen LogP contribution in [0, 0.1) is 11.3 Å². The van der Waals surface area contributed by atoms with Crippen molar-refractivity contribution in [2.45, 2.75) is 18.8 Å². The highest BCUT2D eigenvalue weighted by molar-refractivity contribution is 6.03. The van der Waals surface area contributed by atoms with E-state index >= 15 is 0 Å². The van der Waals surface area contributed by atoms with Crippen molar-refractivity contribution in [3.8, 4) is 11.8 Å². The highest BCUT2D eigenvalue weighted by Gasteiger charge is 2.30. The number of carbonyl (C=O) groups excluding carboxylic acids is 1. The summed E-state index contributed by atoms with van der Waals surface area (Å²) in [5.41, 5.74) is 1.76. The number of rotatable bonds is 3.